The molecule has 19 heavy (non-hydrogen) atoms. The monoisotopic (exact) mass is 268 g/mol. The fourth-order valence-corrected chi connectivity index (χ4v) is 2.56. The van der Waals surface area contributed by atoms with Gasteiger partial charge in [0, 0.05) is 7.11 Å². The van der Waals surface area contributed by atoms with Crippen molar-refractivity contribution in [3.8, 4) is 12.3 Å². The molecule has 1 fully saturated rings. The van der Waals surface area contributed by atoms with Gasteiger partial charge in [-0.2, -0.15) is 0 Å². The lowest BCUT2D eigenvalue weighted by Crippen LogP contribution is -2.36. The molecule has 1 rings (SSSR count). The van der Waals surface area contributed by atoms with Crippen LogP contribution in [0.2, 0.25) is 0 Å². The summed E-state index contributed by atoms with van der Waals surface area (Å²) in [6, 6.07) is 0. The molecule has 0 bridgehead atoms. The maximum Gasteiger partial charge on any atom is 0.165 e. The van der Waals surface area contributed by atoms with Crippen molar-refractivity contribution in [3.05, 3.63) is 0 Å². The first-order chi connectivity index (χ1) is 9.04. The van der Waals surface area contributed by atoms with Gasteiger partial charge in [0.25, 0.3) is 0 Å². The van der Waals surface area contributed by atoms with Crippen molar-refractivity contribution in [1.82, 2.24) is 0 Å². The Hall–Kier alpha value is -0.560. The predicted octanol–water partition coefficient (Wildman–Crippen LogP) is 3.52. The van der Waals surface area contributed by atoms with Crippen LogP contribution in [-0.2, 0) is 14.2 Å². The van der Waals surface area contributed by atoms with E-state index in [1.807, 2.05) is 13.8 Å². The maximum absolute atomic E-state index is 5.89. The third-order valence-corrected chi connectivity index (χ3v) is 3.55. The molecule has 3 heteroatoms. The van der Waals surface area contributed by atoms with Crippen molar-refractivity contribution in [2.45, 2.75) is 83.4 Å². The molecule has 3 nitrogen and oxygen atoms in total. The highest BCUT2D eigenvalue weighted by molar-refractivity contribution is 5.05. The Bertz CT molecular complexity index is 293. The quantitative estimate of drug-likeness (QED) is 0.498. The Balaban J connectivity index is 2.43. The lowest BCUT2D eigenvalue weighted by molar-refractivity contribution is -0.156. The molecule has 0 aromatic carbocycles. The van der Waals surface area contributed by atoms with Gasteiger partial charge in [-0.05, 0) is 20.3 Å². The Labute approximate surface area is 118 Å². The molecule has 0 aliphatic carbocycles. The van der Waals surface area contributed by atoms with Crippen LogP contribution in [0.5, 0.6) is 0 Å². The Morgan fingerprint density at radius 3 is 2.47 bits per heavy atom. The summed E-state index contributed by atoms with van der Waals surface area (Å²) < 4.78 is 17.2. The van der Waals surface area contributed by atoms with E-state index in [2.05, 4.69) is 12.8 Å². The van der Waals surface area contributed by atoms with Gasteiger partial charge in [0.1, 0.15) is 12.2 Å². The van der Waals surface area contributed by atoms with Crippen LogP contribution in [-0.4, -0.2) is 31.2 Å². The van der Waals surface area contributed by atoms with Gasteiger partial charge in [-0.25, -0.2) is 0 Å². The third kappa shape index (κ3) is 5.14. The van der Waals surface area contributed by atoms with Crippen LogP contribution in [0.15, 0.2) is 0 Å². The van der Waals surface area contributed by atoms with E-state index in [4.69, 9.17) is 20.6 Å². The summed E-state index contributed by atoms with van der Waals surface area (Å²) in [5.74, 6) is 2.06. The highest BCUT2D eigenvalue weighted by atomic mass is 16.8. The van der Waals surface area contributed by atoms with Crippen LogP contribution in [0, 0.1) is 12.3 Å². The zero-order valence-corrected chi connectivity index (χ0v) is 12.8. The van der Waals surface area contributed by atoms with Gasteiger partial charge in [0.15, 0.2) is 5.79 Å². The highest BCUT2D eigenvalue weighted by Crippen LogP contribution is 2.32. The first-order valence-electron chi connectivity index (χ1n) is 7.38. The van der Waals surface area contributed by atoms with Crippen LogP contribution in [0.3, 0.4) is 0 Å². The van der Waals surface area contributed by atoms with Gasteiger partial charge in [-0.15, -0.1) is 6.42 Å². The van der Waals surface area contributed by atoms with Crippen molar-refractivity contribution in [3.63, 3.8) is 0 Å². The van der Waals surface area contributed by atoms with Gasteiger partial charge in [0.2, 0.25) is 0 Å². The standard InChI is InChI=1S/C16H28O3/c1-6-8-9-10-11-12-14(17-5)15-13(7-2)18-16(3,4)19-15/h2,13-15H,6,8-12H2,1,3-5H3/t13-,14+,15-/m1/s1. The van der Waals surface area contributed by atoms with Crippen LogP contribution in [0.1, 0.15) is 59.3 Å². The largest absolute Gasteiger partial charge is 0.379 e. The van der Waals surface area contributed by atoms with Gasteiger partial charge in [-0.1, -0.05) is 44.9 Å². The molecule has 1 aliphatic rings. The summed E-state index contributed by atoms with van der Waals surface area (Å²) in [7, 11) is 1.72. The van der Waals surface area contributed by atoms with E-state index in [0.717, 1.165) is 12.8 Å². The molecule has 1 saturated heterocycles. The summed E-state index contributed by atoms with van der Waals surface area (Å²) in [6.45, 7) is 6.01. The van der Waals surface area contributed by atoms with Crippen LogP contribution < -0.4 is 0 Å². The van der Waals surface area contributed by atoms with Crippen LogP contribution >= 0.6 is 0 Å². The minimum absolute atomic E-state index is 0.0180. The first-order valence-corrected chi connectivity index (χ1v) is 7.38. The average molecular weight is 268 g/mol. The summed E-state index contributed by atoms with van der Waals surface area (Å²) in [6.07, 6.45) is 12.3. The maximum atomic E-state index is 5.89. The number of unbranched alkanes of at least 4 members (excludes halogenated alkanes) is 4. The SMILES string of the molecule is C#C[C@H]1OC(C)(C)O[C@H]1[C@H](CCCCCCC)OC. The first kappa shape index (κ1) is 16.5. The topological polar surface area (TPSA) is 27.7 Å². The Morgan fingerprint density at radius 2 is 1.89 bits per heavy atom. The fourth-order valence-electron chi connectivity index (χ4n) is 2.56. The van der Waals surface area contributed by atoms with Crippen molar-refractivity contribution in [2.24, 2.45) is 0 Å². The smallest absolute Gasteiger partial charge is 0.165 e. The van der Waals surface area contributed by atoms with Crippen molar-refractivity contribution < 1.29 is 14.2 Å². The lowest BCUT2D eigenvalue weighted by atomic mass is 10.0. The third-order valence-electron chi connectivity index (χ3n) is 3.55. The second kappa shape index (κ2) is 7.89. The molecule has 0 radical (unpaired) electrons. The highest BCUT2D eigenvalue weighted by Gasteiger charge is 2.44. The molecule has 3 atom stereocenters. The molecule has 1 heterocycles. The predicted molar refractivity (Wildman–Crippen MR) is 76.8 cm³/mol. The Morgan fingerprint density at radius 1 is 1.21 bits per heavy atom. The van der Waals surface area contributed by atoms with E-state index in [0.29, 0.717) is 0 Å². The molecule has 0 N–H and O–H groups in total. The fraction of sp³-hybridized carbons (Fsp3) is 0.875. The molecule has 0 spiro atoms. The van der Waals surface area contributed by atoms with Gasteiger partial charge >= 0.3 is 0 Å². The van der Waals surface area contributed by atoms with Crippen LogP contribution in [0.25, 0.3) is 0 Å². The van der Waals surface area contributed by atoms with E-state index < -0.39 is 5.79 Å². The summed E-state index contributed by atoms with van der Waals surface area (Å²) in [5, 5.41) is 0. The molecule has 0 aromatic heterocycles. The minimum Gasteiger partial charge on any atom is -0.379 e. The number of rotatable bonds is 8. The molecule has 110 valence electrons. The number of ether oxygens (including phenoxy) is 3. The van der Waals surface area contributed by atoms with E-state index in [-0.39, 0.29) is 18.3 Å². The van der Waals surface area contributed by atoms with Gasteiger partial charge in [-0.3, -0.25) is 0 Å². The minimum atomic E-state index is -0.610. The average Bonchev–Trinajstić information content (AvgIpc) is 2.69. The number of hydrogen-bond donors (Lipinski definition) is 0. The van der Waals surface area contributed by atoms with Crippen molar-refractivity contribution >= 4 is 0 Å². The van der Waals surface area contributed by atoms with E-state index >= 15 is 0 Å². The lowest BCUT2D eigenvalue weighted by Gasteiger charge is -2.24. The summed E-state index contributed by atoms with van der Waals surface area (Å²) in [4.78, 5) is 0. The zero-order chi connectivity index (χ0) is 14.3. The molecular formula is C16H28O3. The zero-order valence-electron chi connectivity index (χ0n) is 12.8. The number of terminal acetylenes is 1. The second-order valence-electron chi connectivity index (χ2n) is 5.66. The summed E-state index contributed by atoms with van der Waals surface area (Å²) >= 11 is 0. The van der Waals surface area contributed by atoms with Crippen LogP contribution in [0.4, 0.5) is 0 Å². The Kier molecular flexibility index (Phi) is 6.85. The van der Waals surface area contributed by atoms with Gasteiger partial charge < -0.3 is 14.2 Å². The number of methoxy groups -OCH3 is 1. The summed E-state index contributed by atoms with van der Waals surface area (Å²) in [5.41, 5.74) is 0. The molecule has 0 amide bonds. The van der Waals surface area contributed by atoms with Crippen molar-refractivity contribution in [2.75, 3.05) is 7.11 Å². The normalized spacial score (nSPS) is 27.1. The molecule has 1 aliphatic heterocycles. The molecular weight excluding hydrogens is 240 g/mol. The number of hydrogen-bond acceptors (Lipinski definition) is 3. The van der Waals surface area contributed by atoms with Gasteiger partial charge in [0.05, 0.1) is 6.10 Å². The molecule has 0 saturated carbocycles. The second-order valence-corrected chi connectivity index (χ2v) is 5.66. The molecule has 0 unspecified atom stereocenters. The molecule has 0 aromatic rings. The van der Waals surface area contributed by atoms with E-state index in [9.17, 15) is 0 Å². The van der Waals surface area contributed by atoms with Crippen molar-refractivity contribution in [1.29, 1.82) is 0 Å². The van der Waals surface area contributed by atoms with E-state index in [1.165, 1.54) is 25.7 Å². The van der Waals surface area contributed by atoms with E-state index in [1.54, 1.807) is 7.11 Å².